The number of fused-ring (bicyclic) bond motifs is 1. The highest BCUT2D eigenvalue weighted by atomic mass is 16.4. The average molecular weight is 274 g/mol. The molecule has 2 aromatic heterocycles. The molecule has 1 aliphatic rings. The van der Waals surface area contributed by atoms with Crippen LogP contribution >= 0.6 is 0 Å². The fourth-order valence-corrected chi connectivity index (χ4v) is 2.50. The summed E-state index contributed by atoms with van der Waals surface area (Å²) in [4.78, 5) is 29.0. The summed E-state index contributed by atoms with van der Waals surface area (Å²) in [6.45, 7) is 0.931. The SMILES string of the molecule is O=C(O)C1CCN(C(=O)c2cnn3ccncc23)CC1. The van der Waals surface area contributed by atoms with E-state index in [0.29, 0.717) is 37.0 Å². The van der Waals surface area contributed by atoms with Crippen LogP contribution in [0.2, 0.25) is 0 Å². The van der Waals surface area contributed by atoms with Gasteiger partial charge in [-0.3, -0.25) is 14.6 Å². The Kier molecular flexibility index (Phi) is 3.09. The fraction of sp³-hybridized carbons (Fsp3) is 0.385. The first-order valence-electron chi connectivity index (χ1n) is 6.46. The highest BCUT2D eigenvalue weighted by Crippen LogP contribution is 2.20. The standard InChI is InChI=1S/C13H14N4O3/c18-12(16-4-1-9(2-5-16)13(19)20)10-7-15-17-6-3-14-8-11(10)17/h3,6-9H,1-2,4-5H2,(H,19,20). The summed E-state index contributed by atoms with van der Waals surface area (Å²) in [5, 5.41) is 13.1. The summed E-state index contributed by atoms with van der Waals surface area (Å²) < 4.78 is 1.60. The van der Waals surface area contributed by atoms with Crippen molar-refractivity contribution in [2.75, 3.05) is 13.1 Å². The third-order valence-electron chi connectivity index (χ3n) is 3.69. The van der Waals surface area contributed by atoms with Crippen LogP contribution in [0.1, 0.15) is 23.2 Å². The Morgan fingerprint density at radius 1 is 1.25 bits per heavy atom. The molecule has 1 aliphatic heterocycles. The zero-order valence-corrected chi connectivity index (χ0v) is 10.8. The largest absolute Gasteiger partial charge is 0.481 e. The van der Waals surface area contributed by atoms with Crippen LogP contribution in [0, 0.1) is 5.92 Å². The molecule has 1 saturated heterocycles. The smallest absolute Gasteiger partial charge is 0.306 e. The van der Waals surface area contributed by atoms with E-state index in [4.69, 9.17) is 5.11 Å². The fourth-order valence-electron chi connectivity index (χ4n) is 2.50. The number of carboxylic acid groups (broad SMARTS) is 1. The molecule has 7 heteroatoms. The highest BCUT2D eigenvalue weighted by molar-refractivity contribution is 6.00. The molecule has 1 amide bonds. The molecule has 7 nitrogen and oxygen atoms in total. The molecule has 104 valence electrons. The van der Waals surface area contributed by atoms with Crippen LogP contribution in [0.4, 0.5) is 0 Å². The molecule has 3 heterocycles. The van der Waals surface area contributed by atoms with Crippen LogP contribution < -0.4 is 0 Å². The Balaban J connectivity index is 1.78. The molecule has 0 unspecified atom stereocenters. The summed E-state index contributed by atoms with van der Waals surface area (Å²) in [5.41, 5.74) is 1.17. The molecule has 0 radical (unpaired) electrons. The van der Waals surface area contributed by atoms with Crippen molar-refractivity contribution in [3.63, 3.8) is 0 Å². The molecule has 3 rings (SSSR count). The predicted molar refractivity (Wildman–Crippen MR) is 69.3 cm³/mol. The van der Waals surface area contributed by atoms with Crippen molar-refractivity contribution in [3.05, 3.63) is 30.4 Å². The molecule has 0 saturated carbocycles. The number of hydrogen-bond donors (Lipinski definition) is 1. The lowest BCUT2D eigenvalue weighted by atomic mass is 9.97. The number of carboxylic acids is 1. The zero-order chi connectivity index (χ0) is 14.1. The number of rotatable bonds is 2. The van der Waals surface area contributed by atoms with E-state index in [2.05, 4.69) is 10.1 Å². The average Bonchev–Trinajstić information content (AvgIpc) is 2.90. The lowest BCUT2D eigenvalue weighted by molar-refractivity contribution is -0.143. The first kappa shape index (κ1) is 12.6. The van der Waals surface area contributed by atoms with Crippen molar-refractivity contribution in [1.82, 2.24) is 19.5 Å². The minimum atomic E-state index is -0.780. The van der Waals surface area contributed by atoms with Gasteiger partial charge in [-0.2, -0.15) is 5.10 Å². The van der Waals surface area contributed by atoms with Gasteiger partial charge in [0.15, 0.2) is 0 Å². The monoisotopic (exact) mass is 274 g/mol. The first-order valence-corrected chi connectivity index (χ1v) is 6.46. The maximum absolute atomic E-state index is 12.4. The molecule has 1 N–H and O–H groups in total. The minimum absolute atomic E-state index is 0.114. The molecular weight excluding hydrogens is 260 g/mol. The molecule has 1 fully saturated rings. The van der Waals surface area contributed by atoms with Gasteiger partial charge in [-0.15, -0.1) is 0 Å². The van der Waals surface area contributed by atoms with Gasteiger partial charge in [-0.25, -0.2) is 4.52 Å². The van der Waals surface area contributed by atoms with Crippen molar-refractivity contribution in [2.24, 2.45) is 5.92 Å². The van der Waals surface area contributed by atoms with E-state index in [1.54, 1.807) is 28.0 Å². The van der Waals surface area contributed by atoms with Crippen LogP contribution in [0.25, 0.3) is 5.52 Å². The van der Waals surface area contributed by atoms with Gasteiger partial charge in [0.25, 0.3) is 5.91 Å². The Bertz CT molecular complexity index is 658. The highest BCUT2D eigenvalue weighted by Gasteiger charge is 2.28. The minimum Gasteiger partial charge on any atom is -0.481 e. The number of aromatic nitrogens is 3. The van der Waals surface area contributed by atoms with Crippen LogP contribution in [0.5, 0.6) is 0 Å². The Morgan fingerprint density at radius 2 is 2.00 bits per heavy atom. The van der Waals surface area contributed by atoms with E-state index in [1.807, 2.05) is 0 Å². The molecule has 2 aromatic rings. The lowest BCUT2D eigenvalue weighted by Gasteiger charge is -2.29. The number of carbonyl (C=O) groups is 2. The van der Waals surface area contributed by atoms with Crippen LogP contribution in [-0.4, -0.2) is 49.6 Å². The van der Waals surface area contributed by atoms with Crippen LogP contribution in [-0.2, 0) is 4.79 Å². The maximum atomic E-state index is 12.4. The van der Waals surface area contributed by atoms with Crippen molar-refractivity contribution in [1.29, 1.82) is 0 Å². The van der Waals surface area contributed by atoms with Crippen molar-refractivity contribution in [2.45, 2.75) is 12.8 Å². The summed E-state index contributed by atoms with van der Waals surface area (Å²) >= 11 is 0. The van der Waals surface area contributed by atoms with E-state index in [-0.39, 0.29) is 11.8 Å². The van der Waals surface area contributed by atoms with E-state index < -0.39 is 5.97 Å². The molecular formula is C13H14N4O3. The number of amides is 1. The Labute approximate surface area is 114 Å². The molecule has 0 spiro atoms. The number of carbonyl (C=O) groups excluding carboxylic acids is 1. The van der Waals surface area contributed by atoms with Gasteiger partial charge in [0.05, 0.1) is 29.4 Å². The maximum Gasteiger partial charge on any atom is 0.306 e. The van der Waals surface area contributed by atoms with Crippen molar-refractivity contribution in [3.8, 4) is 0 Å². The van der Waals surface area contributed by atoms with Gasteiger partial charge in [-0.05, 0) is 12.8 Å². The second-order valence-electron chi connectivity index (χ2n) is 4.87. The van der Waals surface area contributed by atoms with E-state index in [1.165, 1.54) is 6.20 Å². The summed E-state index contributed by atoms with van der Waals surface area (Å²) in [7, 11) is 0. The van der Waals surface area contributed by atoms with Gasteiger partial charge in [-0.1, -0.05) is 0 Å². The van der Waals surface area contributed by atoms with Crippen LogP contribution in [0.15, 0.2) is 24.8 Å². The molecule has 0 aromatic carbocycles. The lowest BCUT2D eigenvalue weighted by Crippen LogP contribution is -2.40. The second kappa shape index (κ2) is 4.92. The van der Waals surface area contributed by atoms with Gasteiger partial charge < -0.3 is 10.0 Å². The van der Waals surface area contributed by atoms with Gasteiger partial charge in [0.1, 0.15) is 0 Å². The van der Waals surface area contributed by atoms with E-state index in [9.17, 15) is 9.59 Å². The van der Waals surface area contributed by atoms with E-state index >= 15 is 0 Å². The molecule has 0 atom stereocenters. The quantitative estimate of drug-likeness (QED) is 0.869. The second-order valence-corrected chi connectivity index (χ2v) is 4.87. The summed E-state index contributed by atoms with van der Waals surface area (Å²) in [5.74, 6) is -1.24. The zero-order valence-electron chi connectivity index (χ0n) is 10.8. The third kappa shape index (κ3) is 2.11. The number of nitrogens with zero attached hydrogens (tertiary/aromatic N) is 4. The molecule has 20 heavy (non-hydrogen) atoms. The van der Waals surface area contributed by atoms with Crippen LogP contribution in [0.3, 0.4) is 0 Å². The molecule has 0 aliphatic carbocycles. The Morgan fingerprint density at radius 3 is 2.70 bits per heavy atom. The summed E-state index contributed by atoms with van der Waals surface area (Å²) in [6, 6.07) is 0. The summed E-state index contributed by atoms with van der Waals surface area (Å²) in [6.07, 6.45) is 7.42. The predicted octanol–water partition coefficient (Wildman–Crippen LogP) is 0.666. The van der Waals surface area contributed by atoms with E-state index in [0.717, 1.165) is 0 Å². The third-order valence-corrected chi connectivity index (χ3v) is 3.69. The number of hydrogen-bond acceptors (Lipinski definition) is 4. The van der Waals surface area contributed by atoms with Crippen molar-refractivity contribution < 1.29 is 14.7 Å². The van der Waals surface area contributed by atoms with Crippen molar-refractivity contribution >= 4 is 17.4 Å². The van der Waals surface area contributed by atoms with Gasteiger partial charge in [0.2, 0.25) is 0 Å². The number of piperidine rings is 1. The Hall–Kier alpha value is -2.44. The number of aliphatic carboxylic acids is 1. The normalized spacial score (nSPS) is 16.5. The topological polar surface area (TPSA) is 87.8 Å². The number of likely N-dealkylation sites (tertiary alicyclic amines) is 1. The van der Waals surface area contributed by atoms with Gasteiger partial charge >= 0.3 is 5.97 Å². The van der Waals surface area contributed by atoms with Gasteiger partial charge in [0, 0.05) is 25.5 Å². The first-order chi connectivity index (χ1) is 9.66. The molecule has 0 bridgehead atoms.